The fourth-order valence-electron chi connectivity index (χ4n) is 4.12. The van der Waals surface area contributed by atoms with Crippen LogP contribution >= 0.6 is 0 Å². The molecule has 152 valence electrons. The number of rotatable bonds is 6. The Balaban J connectivity index is 1.46. The maximum absolute atomic E-state index is 12.5. The number of amides is 1. The lowest BCUT2D eigenvalue weighted by molar-refractivity contribution is -0.139. The van der Waals surface area contributed by atoms with E-state index in [-0.39, 0.29) is 12.5 Å². The zero-order valence-corrected chi connectivity index (χ0v) is 16.6. The van der Waals surface area contributed by atoms with E-state index in [0.29, 0.717) is 0 Å². The average molecular weight is 401 g/mol. The Bertz CT molecular complexity index is 1020. The van der Waals surface area contributed by atoms with Crippen LogP contribution in [0.15, 0.2) is 78.9 Å². The normalized spacial score (nSPS) is 14.3. The molecule has 1 aliphatic rings. The van der Waals surface area contributed by atoms with Gasteiger partial charge in [-0.25, -0.2) is 9.59 Å². The number of carbonyl (C=O) groups is 2. The summed E-state index contributed by atoms with van der Waals surface area (Å²) in [4.78, 5) is 24.2. The molecular formula is C25H23NO4. The van der Waals surface area contributed by atoms with Gasteiger partial charge in [0.2, 0.25) is 0 Å². The van der Waals surface area contributed by atoms with Crippen molar-refractivity contribution in [1.82, 2.24) is 5.32 Å². The van der Waals surface area contributed by atoms with Crippen molar-refractivity contribution in [2.24, 2.45) is 0 Å². The number of aliphatic carboxylic acids is 1. The third kappa shape index (κ3) is 3.79. The molecule has 0 aromatic heterocycles. The minimum absolute atomic E-state index is 0.0713. The van der Waals surface area contributed by atoms with Crippen LogP contribution in [0.1, 0.15) is 35.4 Å². The van der Waals surface area contributed by atoms with Crippen LogP contribution in [-0.2, 0) is 9.53 Å². The molecule has 0 heterocycles. The summed E-state index contributed by atoms with van der Waals surface area (Å²) in [6, 6.07) is 24.3. The zero-order valence-electron chi connectivity index (χ0n) is 16.6. The number of carboxylic acids is 1. The summed E-state index contributed by atoms with van der Waals surface area (Å²) in [7, 11) is 0. The SMILES string of the molecule is C[C@H](c1ccccc1)[C@H](NC(=O)OCC1c2ccccc2-c2ccccc21)C(=O)O. The van der Waals surface area contributed by atoms with E-state index in [9.17, 15) is 14.7 Å². The van der Waals surface area contributed by atoms with E-state index in [4.69, 9.17) is 4.74 Å². The van der Waals surface area contributed by atoms with Crippen molar-refractivity contribution in [2.75, 3.05) is 6.61 Å². The van der Waals surface area contributed by atoms with Crippen molar-refractivity contribution in [3.05, 3.63) is 95.6 Å². The maximum Gasteiger partial charge on any atom is 0.407 e. The van der Waals surface area contributed by atoms with E-state index in [1.165, 1.54) is 0 Å². The number of benzene rings is 3. The minimum atomic E-state index is -1.10. The summed E-state index contributed by atoms with van der Waals surface area (Å²) in [5.41, 5.74) is 5.34. The third-order valence-corrected chi connectivity index (χ3v) is 5.71. The van der Waals surface area contributed by atoms with Crippen LogP contribution in [-0.4, -0.2) is 29.8 Å². The molecule has 0 aliphatic heterocycles. The Morgan fingerprint density at radius 3 is 2.00 bits per heavy atom. The number of hydrogen-bond donors (Lipinski definition) is 2. The molecule has 3 aromatic carbocycles. The molecule has 0 spiro atoms. The van der Waals surface area contributed by atoms with Crippen molar-refractivity contribution in [3.8, 4) is 11.1 Å². The Labute approximate surface area is 175 Å². The van der Waals surface area contributed by atoms with Crippen molar-refractivity contribution in [2.45, 2.75) is 24.8 Å². The van der Waals surface area contributed by atoms with Crippen LogP contribution in [0.5, 0.6) is 0 Å². The highest BCUT2D eigenvalue weighted by molar-refractivity contribution is 5.81. The van der Waals surface area contributed by atoms with Crippen molar-refractivity contribution in [3.63, 3.8) is 0 Å². The summed E-state index contributed by atoms with van der Waals surface area (Å²) in [5.74, 6) is -1.57. The fourth-order valence-corrected chi connectivity index (χ4v) is 4.12. The molecule has 2 N–H and O–H groups in total. The first kappa shape index (κ1) is 19.7. The first-order chi connectivity index (χ1) is 14.6. The van der Waals surface area contributed by atoms with Gasteiger partial charge in [-0.3, -0.25) is 0 Å². The number of carboxylic acid groups (broad SMARTS) is 1. The smallest absolute Gasteiger partial charge is 0.407 e. The van der Waals surface area contributed by atoms with Gasteiger partial charge in [0, 0.05) is 11.8 Å². The summed E-state index contributed by atoms with van der Waals surface area (Å²) in [6.45, 7) is 1.92. The van der Waals surface area contributed by atoms with Gasteiger partial charge >= 0.3 is 12.1 Å². The van der Waals surface area contributed by atoms with Crippen LogP contribution in [0.25, 0.3) is 11.1 Å². The molecule has 0 saturated carbocycles. The minimum Gasteiger partial charge on any atom is -0.480 e. The predicted molar refractivity (Wildman–Crippen MR) is 114 cm³/mol. The summed E-state index contributed by atoms with van der Waals surface area (Å²) in [5, 5.41) is 12.1. The number of fused-ring (bicyclic) bond motifs is 3. The molecule has 5 nitrogen and oxygen atoms in total. The van der Waals surface area contributed by atoms with Gasteiger partial charge in [0.1, 0.15) is 12.6 Å². The number of ether oxygens (including phenoxy) is 1. The molecule has 0 bridgehead atoms. The van der Waals surface area contributed by atoms with Crippen LogP contribution in [0.4, 0.5) is 4.79 Å². The quantitative estimate of drug-likeness (QED) is 0.623. The molecule has 0 radical (unpaired) electrons. The molecule has 1 aliphatic carbocycles. The van der Waals surface area contributed by atoms with Crippen molar-refractivity contribution >= 4 is 12.1 Å². The molecular weight excluding hydrogens is 378 g/mol. The summed E-state index contributed by atoms with van der Waals surface area (Å²) >= 11 is 0. The largest absolute Gasteiger partial charge is 0.480 e. The van der Waals surface area contributed by atoms with Gasteiger partial charge in [0.15, 0.2) is 0 Å². The highest BCUT2D eigenvalue weighted by Crippen LogP contribution is 2.44. The molecule has 5 heteroatoms. The van der Waals surface area contributed by atoms with Gasteiger partial charge < -0.3 is 15.2 Å². The monoisotopic (exact) mass is 401 g/mol. The number of carbonyl (C=O) groups excluding carboxylic acids is 1. The average Bonchev–Trinajstić information content (AvgIpc) is 3.10. The first-order valence-electron chi connectivity index (χ1n) is 9.95. The Morgan fingerprint density at radius 1 is 0.900 bits per heavy atom. The van der Waals surface area contributed by atoms with Crippen molar-refractivity contribution < 1.29 is 19.4 Å². The number of hydrogen-bond acceptors (Lipinski definition) is 3. The molecule has 0 saturated heterocycles. The molecule has 30 heavy (non-hydrogen) atoms. The van der Waals surface area contributed by atoms with Gasteiger partial charge in [-0.05, 0) is 27.8 Å². The van der Waals surface area contributed by atoms with Gasteiger partial charge in [-0.15, -0.1) is 0 Å². The summed E-state index contributed by atoms with van der Waals surface area (Å²) in [6.07, 6.45) is -0.730. The van der Waals surface area contributed by atoms with Gasteiger partial charge in [-0.1, -0.05) is 85.8 Å². The number of alkyl carbamates (subject to hydrolysis) is 1. The Morgan fingerprint density at radius 2 is 1.43 bits per heavy atom. The Hall–Kier alpha value is -3.60. The van der Waals surface area contributed by atoms with Crippen molar-refractivity contribution in [1.29, 1.82) is 0 Å². The zero-order chi connectivity index (χ0) is 21.1. The predicted octanol–water partition coefficient (Wildman–Crippen LogP) is 4.78. The molecule has 1 amide bonds. The number of nitrogens with one attached hydrogen (secondary N) is 1. The van der Waals surface area contributed by atoms with E-state index in [1.54, 1.807) is 6.92 Å². The van der Waals surface area contributed by atoms with E-state index in [2.05, 4.69) is 17.4 Å². The van der Waals surface area contributed by atoms with Crippen LogP contribution in [0, 0.1) is 0 Å². The fraction of sp³-hybridized carbons (Fsp3) is 0.200. The lowest BCUT2D eigenvalue weighted by atomic mass is 9.93. The van der Waals surface area contributed by atoms with Crippen LogP contribution in [0.2, 0.25) is 0 Å². The van der Waals surface area contributed by atoms with Crippen LogP contribution in [0.3, 0.4) is 0 Å². The van der Waals surface area contributed by atoms with Gasteiger partial charge in [0.05, 0.1) is 0 Å². The van der Waals surface area contributed by atoms with E-state index < -0.39 is 24.0 Å². The second kappa shape index (κ2) is 8.41. The molecule has 4 rings (SSSR count). The highest BCUT2D eigenvalue weighted by atomic mass is 16.5. The Kier molecular flexibility index (Phi) is 5.53. The van der Waals surface area contributed by atoms with Crippen LogP contribution < -0.4 is 5.32 Å². The topological polar surface area (TPSA) is 75.6 Å². The first-order valence-corrected chi connectivity index (χ1v) is 9.95. The molecule has 0 fully saturated rings. The second-order valence-corrected chi connectivity index (χ2v) is 7.49. The van der Waals surface area contributed by atoms with E-state index in [0.717, 1.165) is 27.8 Å². The standard InChI is InChI=1S/C25H23NO4/c1-16(17-9-3-2-4-10-17)23(24(27)28)26-25(29)30-15-22-20-13-7-5-11-18(20)19-12-6-8-14-21(19)22/h2-14,16,22-23H,15H2,1H3,(H,26,29)(H,27,28)/t16-,23+/m1/s1. The lowest BCUT2D eigenvalue weighted by Crippen LogP contribution is -2.44. The maximum atomic E-state index is 12.5. The molecule has 0 unspecified atom stereocenters. The van der Waals surface area contributed by atoms with Gasteiger partial charge in [-0.2, -0.15) is 0 Å². The van der Waals surface area contributed by atoms with E-state index >= 15 is 0 Å². The van der Waals surface area contributed by atoms with Gasteiger partial charge in [0.25, 0.3) is 0 Å². The highest BCUT2D eigenvalue weighted by Gasteiger charge is 2.31. The summed E-state index contributed by atoms with van der Waals surface area (Å²) < 4.78 is 5.49. The molecule has 2 atom stereocenters. The van der Waals surface area contributed by atoms with E-state index in [1.807, 2.05) is 66.7 Å². The lowest BCUT2D eigenvalue weighted by Gasteiger charge is -2.22. The molecule has 3 aromatic rings. The second-order valence-electron chi connectivity index (χ2n) is 7.49. The third-order valence-electron chi connectivity index (χ3n) is 5.71.